The van der Waals surface area contributed by atoms with Crippen LogP contribution in [0.2, 0.25) is 0 Å². The van der Waals surface area contributed by atoms with Gasteiger partial charge in [-0.2, -0.15) is 0 Å². The molecule has 2 rings (SSSR count). The molecule has 0 atom stereocenters. The van der Waals surface area contributed by atoms with Crippen molar-refractivity contribution in [3.8, 4) is 5.88 Å². The third-order valence-electron chi connectivity index (χ3n) is 3.12. The first kappa shape index (κ1) is 11.9. The number of rotatable bonds is 5. The average molecular weight is 236 g/mol. The molecule has 1 aliphatic rings. The van der Waals surface area contributed by atoms with Crippen LogP contribution in [0, 0.1) is 5.41 Å². The van der Waals surface area contributed by atoms with Crippen LogP contribution in [0.5, 0.6) is 5.88 Å². The predicted molar refractivity (Wildman–Crippen MR) is 61.9 cm³/mol. The summed E-state index contributed by atoms with van der Waals surface area (Å²) in [6, 6.07) is 3.31. The van der Waals surface area contributed by atoms with Crippen LogP contribution in [-0.4, -0.2) is 36.3 Å². The quantitative estimate of drug-likeness (QED) is 0.785. The molecule has 0 radical (unpaired) electrons. The maximum atomic E-state index is 11.8. The highest BCUT2D eigenvalue weighted by Gasteiger charge is 2.42. The number of aliphatic hydroxyl groups excluding tert-OH is 1. The summed E-state index contributed by atoms with van der Waals surface area (Å²) in [6.07, 6.45) is 3.43. The van der Waals surface area contributed by atoms with E-state index < -0.39 is 0 Å². The smallest absolute Gasteiger partial charge is 0.252 e. The van der Waals surface area contributed by atoms with E-state index >= 15 is 0 Å². The number of aliphatic hydroxyl groups is 1. The zero-order valence-corrected chi connectivity index (χ0v) is 9.77. The Bertz CT molecular complexity index is 399. The van der Waals surface area contributed by atoms with E-state index in [1.165, 1.54) is 13.3 Å². The highest BCUT2D eigenvalue weighted by atomic mass is 16.5. The number of nitrogens with one attached hydrogen (secondary N) is 1. The molecule has 17 heavy (non-hydrogen) atoms. The van der Waals surface area contributed by atoms with Crippen LogP contribution >= 0.6 is 0 Å². The van der Waals surface area contributed by atoms with Crippen LogP contribution in [0.15, 0.2) is 18.3 Å². The number of carbonyl (C=O) groups is 1. The predicted octanol–water partition coefficient (Wildman–Crippen LogP) is 0.592. The Morgan fingerprint density at radius 1 is 1.59 bits per heavy atom. The molecule has 1 aromatic rings. The summed E-state index contributed by atoms with van der Waals surface area (Å²) >= 11 is 0. The molecule has 1 aromatic heterocycles. The highest BCUT2D eigenvalue weighted by molar-refractivity contribution is 5.93. The lowest BCUT2D eigenvalue weighted by atomic mass is 10.1. The first-order valence-corrected chi connectivity index (χ1v) is 5.58. The highest BCUT2D eigenvalue weighted by Crippen LogP contribution is 2.44. The number of amides is 1. The van der Waals surface area contributed by atoms with E-state index in [0.29, 0.717) is 18.0 Å². The minimum atomic E-state index is -0.167. The van der Waals surface area contributed by atoms with Gasteiger partial charge in [-0.05, 0) is 18.9 Å². The van der Waals surface area contributed by atoms with Gasteiger partial charge < -0.3 is 15.2 Å². The zero-order valence-electron chi connectivity index (χ0n) is 9.77. The minimum Gasteiger partial charge on any atom is -0.481 e. The number of aromatic nitrogens is 1. The van der Waals surface area contributed by atoms with Crippen molar-refractivity contribution in [1.82, 2.24) is 10.3 Å². The SMILES string of the molecule is COc1ccc(C(=O)NCC2(CO)CC2)cn1. The molecule has 1 aliphatic carbocycles. The van der Waals surface area contributed by atoms with Crippen molar-refractivity contribution in [3.63, 3.8) is 0 Å². The molecule has 1 fully saturated rings. The maximum absolute atomic E-state index is 11.8. The van der Waals surface area contributed by atoms with Gasteiger partial charge in [-0.25, -0.2) is 4.98 Å². The summed E-state index contributed by atoms with van der Waals surface area (Å²) in [5.41, 5.74) is 0.426. The summed E-state index contributed by atoms with van der Waals surface area (Å²) in [7, 11) is 1.53. The Labute approximate surface area is 99.8 Å². The Morgan fingerprint density at radius 2 is 2.35 bits per heavy atom. The minimum absolute atomic E-state index is 0.0739. The molecular formula is C12H16N2O3. The summed E-state index contributed by atoms with van der Waals surface area (Å²) in [4.78, 5) is 15.7. The molecule has 1 amide bonds. The van der Waals surface area contributed by atoms with E-state index in [1.54, 1.807) is 12.1 Å². The van der Waals surface area contributed by atoms with E-state index in [0.717, 1.165) is 12.8 Å². The number of hydrogen-bond acceptors (Lipinski definition) is 4. The van der Waals surface area contributed by atoms with Crippen LogP contribution in [-0.2, 0) is 0 Å². The topological polar surface area (TPSA) is 71.5 Å². The van der Waals surface area contributed by atoms with Crippen molar-refractivity contribution in [2.24, 2.45) is 5.41 Å². The van der Waals surface area contributed by atoms with E-state index in [-0.39, 0.29) is 17.9 Å². The van der Waals surface area contributed by atoms with E-state index in [1.807, 2.05) is 0 Å². The Morgan fingerprint density at radius 3 is 2.82 bits per heavy atom. The molecule has 0 aliphatic heterocycles. The normalized spacial score (nSPS) is 16.4. The molecular weight excluding hydrogens is 220 g/mol. The summed E-state index contributed by atoms with van der Waals surface area (Å²) in [6.45, 7) is 0.655. The maximum Gasteiger partial charge on any atom is 0.252 e. The molecule has 0 unspecified atom stereocenters. The second kappa shape index (κ2) is 4.71. The molecule has 5 heteroatoms. The lowest BCUT2D eigenvalue weighted by Crippen LogP contribution is -2.31. The summed E-state index contributed by atoms with van der Waals surface area (Å²) < 4.78 is 4.91. The molecule has 1 heterocycles. The summed E-state index contributed by atoms with van der Waals surface area (Å²) in [5, 5.41) is 11.9. The fraction of sp³-hybridized carbons (Fsp3) is 0.500. The second-order valence-electron chi connectivity index (χ2n) is 4.43. The van der Waals surface area contributed by atoms with Gasteiger partial charge in [0.2, 0.25) is 5.88 Å². The van der Waals surface area contributed by atoms with Gasteiger partial charge in [0.1, 0.15) is 0 Å². The number of carbonyl (C=O) groups excluding carboxylic acids is 1. The van der Waals surface area contributed by atoms with Gasteiger partial charge in [-0.1, -0.05) is 0 Å². The third kappa shape index (κ3) is 2.74. The monoisotopic (exact) mass is 236 g/mol. The number of nitrogens with zero attached hydrogens (tertiary/aromatic N) is 1. The number of ether oxygens (including phenoxy) is 1. The lowest BCUT2D eigenvalue weighted by molar-refractivity contribution is 0.0935. The zero-order chi connectivity index (χ0) is 12.3. The van der Waals surface area contributed by atoms with Crippen molar-refractivity contribution in [1.29, 1.82) is 0 Å². The molecule has 1 saturated carbocycles. The lowest BCUT2D eigenvalue weighted by Gasteiger charge is -2.12. The van der Waals surface area contributed by atoms with Gasteiger partial charge in [0.05, 0.1) is 19.3 Å². The first-order chi connectivity index (χ1) is 8.19. The van der Waals surface area contributed by atoms with Crippen molar-refractivity contribution >= 4 is 5.91 Å². The van der Waals surface area contributed by atoms with Crippen LogP contribution in [0.1, 0.15) is 23.2 Å². The van der Waals surface area contributed by atoms with Crippen molar-refractivity contribution in [2.45, 2.75) is 12.8 Å². The molecule has 0 spiro atoms. The Kier molecular flexibility index (Phi) is 3.28. The first-order valence-electron chi connectivity index (χ1n) is 5.58. The van der Waals surface area contributed by atoms with E-state index in [2.05, 4.69) is 10.3 Å². The van der Waals surface area contributed by atoms with Crippen molar-refractivity contribution < 1.29 is 14.6 Å². The largest absolute Gasteiger partial charge is 0.481 e. The molecule has 0 bridgehead atoms. The average Bonchev–Trinajstić information content (AvgIpc) is 3.17. The fourth-order valence-corrected chi connectivity index (χ4v) is 1.57. The van der Waals surface area contributed by atoms with E-state index in [9.17, 15) is 4.79 Å². The van der Waals surface area contributed by atoms with Crippen molar-refractivity contribution in [3.05, 3.63) is 23.9 Å². The van der Waals surface area contributed by atoms with E-state index in [4.69, 9.17) is 9.84 Å². The number of pyridine rings is 1. The summed E-state index contributed by atoms with van der Waals surface area (Å²) in [5.74, 6) is 0.315. The number of hydrogen-bond donors (Lipinski definition) is 2. The Hall–Kier alpha value is -1.62. The molecule has 0 aromatic carbocycles. The van der Waals surface area contributed by atoms with Gasteiger partial charge in [-0.3, -0.25) is 4.79 Å². The van der Waals surface area contributed by atoms with Crippen molar-refractivity contribution in [2.75, 3.05) is 20.3 Å². The molecule has 92 valence electrons. The molecule has 5 nitrogen and oxygen atoms in total. The van der Waals surface area contributed by atoms with Gasteiger partial charge in [0.15, 0.2) is 0 Å². The standard InChI is InChI=1S/C12H16N2O3/c1-17-10-3-2-9(6-13-10)11(16)14-7-12(8-15)4-5-12/h2-3,6,15H,4-5,7-8H2,1H3,(H,14,16). The van der Waals surface area contributed by atoms with Crippen LogP contribution in [0.3, 0.4) is 0 Å². The molecule has 0 saturated heterocycles. The second-order valence-corrected chi connectivity index (χ2v) is 4.43. The Balaban J connectivity index is 1.90. The third-order valence-corrected chi connectivity index (χ3v) is 3.12. The van der Waals surface area contributed by atoms with Gasteiger partial charge in [0.25, 0.3) is 5.91 Å². The number of methoxy groups -OCH3 is 1. The van der Waals surface area contributed by atoms with Gasteiger partial charge in [-0.15, -0.1) is 0 Å². The fourth-order valence-electron chi connectivity index (χ4n) is 1.57. The van der Waals surface area contributed by atoms with Gasteiger partial charge >= 0.3 is 0 Å². The molecule has 2 N–H and O–H groups in total. The van der Waals surface area contributed by atoms with Crippen LogP contribution in [0.4, 0.5) is 0 Å². The van der Waals surface area contributed by atoms with Crippen LogP contribution < -0.4 is 10.1 Å². The van der Waals surface area contributed by atoms with Crippen LogP contribution in [0.25, 0.3) is 0 Å². The van der Waals surface area contributed by atoms with Gasteiger partial charge in [0, 0.05) is 24.2 Å².